The fraction of sp³-hybridized carbons (Fsp3) is 0.474. The molecular weight excluding hydrogens is 425 g/mol. The highest BCUT2D eigenvalue weighted by Crippen LogP contribution is 2.15. The van der Waals surface area contributed by atoms with Gasteiger partial charge in [0.1, 0.15) is 0 Å². The topological polar surface area (TPSA) is 54.2 Å². The molecule has 2 N–H and O–H groups in total. The molecule has 0 radical (unpaired) electrons. The van der Waals surface area contributed by atoms with Gasteiger partial charge in [-0.05, 0) is 24.5 Å². The van der Waals surface area contributed by atoms with E-state index in [9.17, 15) is 0 Å². The maximum absolute atomic E-state index is 4.76. The van der Waals surface area contributed by atoms with Gasteiger partial charge in [-0.3, -0.25) is 0 Å². The van der Waals surface area contributed by atoms with Crippen molar-refractivity contribution in [2.75, 3.05) is 13.1 Å². The number of aliphatic imine (C=N–C) groups is 1. The molecule has 25 heavy (non-hydrogen) atoms. The number of imidazole rings is 1. The SMILES string of the molecule is CCNC(=NCc1ccccc1-n1ccnc1)NCC(CC)CC.I. The summed E-state index contributed by atoms with van der Waals surface area (Å²) in [4.78, 5) is 8.89. The van der Waals surface area contributed by atoms with Gasteiger partial charge in [0.15, 0.2) is 5.96 Å². The first-order valence-electron chi connectivity index (χ1n) is 8.86. The molecule has 0 saturated heterocycles. The van der Waals surface area contributed by atoms with E-state index in [4.69, 9.17) is 4.99 Å². The fourth-order valence-corrected chi connectivity index (χ4v) is 2.62. The average Bonchev–Trinajstić information content (AvgIpc) is 3.15. The van der Waals surface area contributed by atoms with Crippen molar-refractivity contribution in [3.8, 4) is 5.69 Å². The van der Waals surface area contributed by atoms with Crippen LogP contribution < -0.4 is 10.6 Å². The molecule has 0 unspecified atom stereocenters. The molecule has 1 aromatic heterocycles. The van der Waals surface area contributed by atoms with Crippen LogP contribution in [0.2, 0.25) is 0 Å². The maximum atomic E-state index is 4.76. The molecule has 0 saturated carbocycles. The summed E-state index contributed by atoms with van der Waals surface area (Å²) >= 11 is 0. The van der Waals surface area contributed by atoms with E-state index in [1.807, 2.05) is 23.2 Å². The summed E-state index contributed by atoms with van der Waals surface area (Å²) in [7, 11) is 0. The molecule has 0 aliphatic rings. The van der Waals surface area contributed by atoms with Gasteiger partial charge >= 0.3 is 0 Å². The molecule has 0 aliphatic heterocycles. The molecule has 1 aromatic carbocycles. The molecule has 1 heterocycles. The Morgan fingerprint density at radius 3 is 2.56 bits per heavy atom. The van der Waals surface area contributed by atoms with Crippen LogP contribution in [0, 0.1) is 5.92 Å². The Morgan fingerprint density at radius 1 is 1.16 bits per heavy atom. The van der Waals surface area contributed by atoms with Crippen LogP contribution in [0.25, 0.3) is 5.69 Å². The lowest BCUT2D eigenvalue weighted by Gasteiger charge is -2.17. The fourth-order valence-electron chi connectivity index (χ4n) is 2.62. The second-order valence-corrected chi connectivity index (χ2v) is 5.86. The number of guanidine groups is 1. The van der Waals surface area contributed by atoms with Crippen LogP contribution in [0.4, 0.5) is 0 Å². The Hall–Kier alpha value is -1.57. The number of aromatic nitrogens is 2. The van der Waals surface area contributed by atoms with Crippen molar-refractivity contribution in [1.29, 1.82) is 0 Å². The number of nitrogens with one attached hydrogen (secondary N) is 2. The van der Waals surface area contributed by atoms with E-state index in [1.165, 1.54) is 18.4 Å². The first-order valence-corrected chi connectivity index (χ1v) is 8.86. The molecule has 6 heteroatoms. The molecule has 5 nitrogen and oxygen atoms in total. The zero-order chi connectivity index (χ0) is 17.2. The summed E-state index contributed by atoms with van der Waals surface area (Å²) in [5.74, 6) is 1.57. The van der Waals surface area contributed by atoms with Gasteiger partial charge in [-0.25, -0.2) is 9.98 Å². The first kappa shape index (κ1) is 21.5. The summed E-state index contributed by atoms with van der Waals surface area (Å²) < 4.78 is 2.02. The number of nitrogens with zero attached hydrogens (tertiary/aromatic N) is 3. The van der Waals surface area contributed by atoms with Crippen LogP contribution in [0.3, 0.4) is 0 Å². The lowest BCUT2D eigenvalue weighted by Crippen LogP contribution is -2.39. The number of para-hydroxylation sites is 1. The second kappa shape index (κ2) is 11.9. The van der Waals surface area contributed by atoms with E-state index in [0.717, 1.165) is 24.7 Å². The van der Waals surface area contributed by atoms with Gasteiger partial charge in [0, 0.05) is 25.5 Å². The van der Waals surface area contributed by atoms with Gasteiger partial charge in [-0.2, -0.15) is 0 Å². The number of halogens is 1. The molecule has 0 fully saturated rings. The van der Waals surface area contributed by atoms with Crippen molar-refractivity contribution in [2.45, 2.75) is 40.2 Å². The van der Waals surface area contributed by atoms with E-state index in [1.54, 1.807) is 6.20 Å². The van der Waals surface area contributed by atoms with Crippen LogP contribution in [0.15, 0.2) is 48.0 Å². The molecule has 2 rings (SSSR count). The highest BCUT2D eigenvalue weighted by atomic mass is 127. The van der Waals surface area contributed by atoms with Crippen molar-refractivity contribution in [2.24, 2.45) is 10.9 Å². The number of rotatable bonds is 8. The van der Waals surface area contributed by atoms with Crippen molar-refractivity contribution >= 4 is 29.9 Å². The molecule has 0 aliphatic carbocycles. The van der Waals surface area contributed by atoms with Crippen molar-refractivity contribution in [3.63, 3.8) is 0 Å². The number of hydrogen-bond donors (Lipinski definition) is 2. The standard InChI is InChI=1S/C19H29N5.HI/c1-4-16(5-2)13-22-19(21-6-3)23-14-17-9-7-8-10-18(17)24-12-11-20-15-24;/h7-12,15-16H,4-6,13-14H2,1-3H3,(H2,21,22,23);1H. The smallest absolute Gasteiger partial charge is 0.191 e. The van der Waals surface area contributed by atoms with Crippen LogP contribution in [-0.4, -0.2) is 28.6 Å². The quantitative estimate of drug-likeness (QED) is 0.360. The van der Waals surface area contributed by atoms with E-state index in [-0.39, 0.29) is 24.0 Å². The molecule has 0 bridgehead atoms. The summed E-state index contributed by atoms with van der Waals surface area (Å²) in [5, 5.41) is 6.80. The van der Waals surface area contributed by atoms with Gasteiger partial charge in [-0.1, -0.05) is 44.9 Å². The molecular formula is C19H30IN5. The van der Waals surface area contributed by atoms with Crippen molar-refractivity contribution in [3.05, 3.63) is 48.5 Å². The Labute approximate surface area is 168 Å². The lowest BCUT2D eigenvalue weighted by atomic mass is 10.0. The van der Waals surface area contributed by atoms with Crippen LogP contribution in [0.1, 0.15) is 39.2 Å². The van der Waals surface area contributed by atoms with Crippen LogP contribution in [-0.2, 0) is 6.54 Å². The van der Waals surface area contributed by atoms with Crippen molar-refractivity contribution in [1.82, 2.24) is 20.2 Å². The minimum absolute atomic E-state index is 0. The van der Waals surface area contributed by atoms with Gasteiger partial charge in [0.2, 0.25) is 0 Å². The highest BCUT2D eigenvalue weighted by Gasteiger charge is 2.06. The third-order valence-electron chi connectivity index (χ3n) is 4.24. The van der Waals surface area contributed by atoms with Gasteiger partial charge in [0.05, 0.1) is 18.6 Å². The maximum Gasteiger partial charge on any atom is 0.191 e. The number of benzene rings is 1. The largest absolute Gasteiger partial charge is 0.357 e. The zero-order valence-electron chi connectivity index (χ0n) is 15.4. The normalized spacial score (nSPS) is 11.3. The molecule has 0 spiro atoms. The van der Waals surface area contributed by atoms with E-state index in [0.29, 0.717) is 12.5 Å². The predicted octanol–water partition coefficient (Wildman–Crippen LogP) is 3.98. The van der Waals surface area contributed by atoms with Gasteiger partial charge in [0.25, 0.3) is 0 Å². The monoisotopic (exact) mass is 455 g/mol. The van der Waals surface area contributed by atoms with Gasteiger partial charge in [-0.15, -0.1) is 24.0 Å². The third kappa shape index (κ3) is 6.68. The van der Waals surface area contributed by atoms with E-state index < -0.39 is 0 Å². The average molecular weight is 455 g/mol. The minimum Gasteiger partial charge on any atom is -0.357 e. The molecule has 0 atom stereocenters. The molecule has 2 aromatic rings. The lowest BCUT2D eigenvalue weighted by molar-refractivity contribution is 0.481. The Balaban J connectivity index is 0.00000312. The van der Waals surface area contributed by atoms with Crippen LogP contribution >= 0.6 is 24.0 Å². The Morgan fingerprint density at radius 2 is 1.92 bits per heavy atom. The summed E-state index contributed by atoms with van der Waals surface area (Å²) in [5.41, 5.74) is 2.30. The third-order valence-corrected chi connectivity index (χ3v) is 4.24. The Bertz CT molecular complexity index is 621. The predicted molar refractivity (Wildman–Crippen MR) is 116 cm³/mol. The van der Waals surface area contributed by atoms with Crippen molar-refractivity contribution < 1.29 is 0 Å². The highest BCUT2D eigenvalue weighted by molar-refractivity contribution is 14.0. The minimum atomic E-state index is 0. The summed E-state index contributed by atoms with van der Waals surface area (Å²) in [6.45, 7) is 9.02. The van der Waals surface area contributed by atoms with E-state index in [2.05, 4.69) is 54.6 Å². The first-order chi connectivity index (χ1) is 11.8. The van der Waals surface area contributed by atoms with E-state index >= 15 is 0 Å². The zero-order valence-corrected chi connectivity index (χ0v) is 17.7. The summed E-state index contributed by atoms with van der Waals surface area (Å²) in [6, 6.07) is 8.30. The summed E-state index contributed by atoms with van der Waals surface area (Å²) in [6.07, 6.45) is 7.94. The van der Waals surface area contributed by atoms with Gasteiger partial charge < -0.3 is 15.2 Å². The van der Waals surface area contributed by atoms with Crippen LogP contribution in [0.5, 0.6) is 0 Å². The molecule has 138 valence electrons. The Kier molecular flexibility index (Phi) is 10.2. The second-order valence-electron chi connectivity index (χ2n) is 5.86. The number of hydrogen-bond acceptors (Lipinski definition) is 2. The molecule has 0 amide bonds.